The van der Waals surface area contributed by atoms with Gasteiger partial charge in [-0.25, -0.2) is 4.79 Å². The zero-order valence-corrected chi connectivity index (χ0v) is 12.7. The van der Waals surface area contributed by atoms with Crippen LogP contribution in [0.3, 0.4) is 0 Å². The number of esters is 1. The van der Waals surface area contributed by atoms with Crippen molar-refractivity contribution in [2.75, 3.05) is 39.2 Å². The number of hydrogen-bond donors (Lipinski definition) is 0. The highest BCUT2D eigenvalue weighted by molar-refractivity contribution is 5.87. The average Bonchev–Trinajstić information content (AvgIpc) is 2.83. The minimum Gasteiger partial charge on any atom is -0.461 e. The normalized spacial score (nSPS) is 16.9. The summed E-state index contributed by atoms with van der Waals surface area (Å²) in [6.07, 6.45) is 4.96. The standard InChI is InChI=1S/C14H23N3O3/c1-5-19-12(18)11-9-20-13(15-11)17(4)10-14(16(2)3)7-6-8-14/h9H,5-8,10H2,1-4H3. The highest BCUT2D eigenvalue weighted by atomic mass is 16.5. The number of oxazole rings is 1. The molecule has 6 heteroatoms. The summed E-state index contributed by atoms with van der Waals surface area (Å²) < 4.78 is 10.3. The summed E-state index contributed by atoms with van der Waals surface area (Å²) in [5, 5.41) is 0. The first kappa shape index (κ1) is 14.8. The fourth-order valence-electron chi connectivity index (χ4n) is 2.58. The maximum absolute atomic E-state index is 11.6. The Morgan fingerprint density at radius 3 is 2.65 bits per heavy atom. The molecule has 0 N–H and O–H groups in total. The van der Waals surface area contributed by atoms with Gasteiger partial charge in [0, 0.05) is 19.1 Å². The summed E-state index contributed by atoms with van der Waals surface area (Å²) in [4.78, 5) is 20.0. The van der Waals surface area contributed by atoms with Gasteiger partial charge in [-0.3, -0.25) is 0 Å². The van der Waals surface area contributed by atoms with Gasteiger partial charge in [0.2, 0.25) is 0 Å². The average molecular weight is 281 g/mol. The number of anilines is 1. The van der Waals surface area contributed by atoms with Crippen molar-refractivity contribution in [2.24, 2.45) is 0 Å². The van der Waals surface area contributed by atoms with Crippen molar-refractivity contribution in [3.05, 3.63) is 12.0 Å². The molecule has 20 heavy (non-hydrogen) atoms. The number of nitrogens with zero attached hydrogens (tertiary/aromatic N) is 3. The topological polar surface area (TPSA) is 58.8 Å². The van der Waals surface area contributed by atoms with Gasteiger partial charge >= 0.3 is 5.97 Å². The van der Waals surface area contributed by atoms with Crippen LogP contribution in [0.4, 0.5) is 6.01 Å². The molecule has 1 aromatic heterocycles. The van der Waals surface area contributed by atoms with Crippen LogP contribution in [-0.4, -0.2) is 55.7 Å². The van der Waals surface area contributed by atoms with E-state index in [2.05, 4.69) is 24.0 Å². The largest absolute Gasteiger partial charge is 0.461 e. The van der Waals surface area contributed by atoms with Crippen LogP contribution in [0.2, 0.25) is 0 Å². The molecule has 0 bridgehead atoms. The van der Waals surface area contributed by atoms with Crippen molar-refractivity contribution < 1.29 is 13.9 Å². The zero-order chi connectivity index (χ0) is 14.8. The molecule has 0 saturated heterocycles. The lowest BCUT2D eigenvalue weighted by atomic mass is 9.75. The Hall–Kier alpha value is -1.56. The highest BCUT2D eigenvalue weighted by Gasteiger charge is 2.40. The van der Waals surface area contributed by atoms with Gasteiger partial charge in [0.15, 0.2) is 5.69 Å². The van der Waals surface area contributed by atoms with Gasteiger partial charge in [-0.05, 0) is 40.3 Å². The number of hydrogen-bond acceptors (Lipinski definition) is 6. The number of likely N-dealkylation sites (N-methyl/N-ethyl adjacent to an activating group) is 2. The molecule has 0 aliphatic heterocycles. The molecular formula is C14H23N3O3. The molecule has 6 nitrogen and oxygen atoms in total. The first-order chi connectivity index (χ1) is 9.48. The monoisotopic (exact) mass is 281 g/mol. The molecule has 0 aromatic carbocycles. The minimum atomic E-state index is -0.443. The quantitative estimate of drug-likeness (QED) is 0.741. The lowest BCUT2D eigenvalue weighted by Gasteiger charge is -2.48. The smallest absolute Gasteiger partial charge is 0.360 e. The summed E-state index contributed by atoms with van der Waals surface area (Å²) in [5.41, 5.74) is 0.411. The SMILES string of the molecule is CCOC(=O)c1coc(N(C)CC2(N(C)C)CCC2)n1. The molecular weight excluding hydrogens is 258 g/mol. The van der Waals surface area contributed by atoms with Gasteiger partial charge < -0.3 is 19.0 Å². The Morgan fingerprint density at radius 2 is 2.15 bits per heavy atom. The molecule has 2 rings (SSSR count). The van der Waals surface area contributed by atoms with Crippen LogP contribution in [0.1, 0.15) is 36.7 Å². The minimum absolute atomic E-state index is 0.188. The van der Waals surface area contributed by atoms with Crippen LogP contribution in [0.5, 0.6) is 0 Å². The molecule has 1 fully saturated rings. The van der Waals surface area contributed by atoms with Gasteiger partial charge in [-0.15, -0.1) is 0 Å². The third kappa shape index (κ3) is 2.80. The summed E-state index contributed by atoms with van der Waals surface area (Å²) in [5.74, 6) is -0.443. The van der Waals surface area contributed by atoms with E-state index in [-0.39, 0.29) is 11.2 Å². The molecule has 112 valence electrons. The zero-order valence-electron chi connectivity index (χ0n) is 12.7. The number of aromatic nitrogens is 1. The lowest BCUT2D eigenvalue weighted by molar-refractivity contribution is 0.0519. The van der Waals surface area contributed by atoms with E-state index in [1.165, 1.54) is 25.5 Å². The number of carbonyl (C=O) groups is 1. The predicted octanol–water partition coefficient (Wildman–Crippen LogP) is 1.77. The molecule has 0 radical (unpaired) electrons. The maximum Gasteiger partial charge on any atom is 0.360 e. The first-order valence-corrected chi connectivity index (χ1v) is 7.00. The molecule has 0 spiro atoms. The fraction of sp³-hybridized carbons (Fsp3) is 0.714. The molecule has 1 saturated carbocycles. The Labute approximate surface area is 119 Å². The van der Waals surface area contributed by atoms with Crippen LogP contribution in [-0.2, 0) is 4.74 Å². The summed E-state index contributed by atoms with van der Waals surface area (Å²) in [6.45, 7) is 2.94. The Bertz CT molecular complexity index is 466. The summed E-state index contributed by atoms with van der Waals surface area (Å²) in [6, 6.07) is 0.459. The van der Waals surface area contributed by atoms with E-state index >= 15 is 0 Å². The lowest BCUT2D eigenvalue weighted by Crippen LogP contribution is -2.56. The molecule has 1 aromatic rings. The summed E-state index contributed by atoms with van der Waals surface area (Å²) >= 11 is 0. The van der Waals surface area contributed by atoms with E-state index in [4.69, 9.17) is 9.15 Å². The van der Waals surface area contributed by atoms with Gasteiger partial charge in [-0.1, -0.05) is 0 Å². The van der Waals surface area contributed by atoms with Crippen molar-refractivity contribution in [1.82, 2.24) is 9.88 Å². The Balaban J connectivity index is 2.02. The second kappa shape index (κ2) is 5.83. The van der Waals surface area contributed by atoms with Gasteiger partial charge in [0.05, 0.1) is 6.61 Å². The van der Waals surface area contributed by atoms with Crippen molar-refractivity contribution in [1.29, 1.82) is 0 Å². The second-order valence-electron chi connectivity index (χ2n) is 5.56. The van der Waals surface area contributed by atoms with Crippen LogP contribution >= 0.6 is 0 Å². The molecule has 1 aliphatic rings. The van der Waals surface area contributed by atoms with Gasteiger partial charge in [-0.2, -0.15) is 4.98 Å². The van der Waals surface area contributed by atoms with Crippen molar-refractivity contribution in [3.8, 4) is 0 Å². The number of ether oxygens (including phenoxy) is 1. The van der Waals surface area contributed by atoms with Crippen LogP contribution in [0.25, 0.3) is 0 Å². The van der Waals surface area contributed by atoms with Crippen molar-refractivity contribution in [3.63, 3.8) is 0 Å². The Kier molecular flexibility index (Phi) is 4.32. The van der Waals surface area contributed by atoms with E-state index in [9.17, 15) is 4.79 Å². The predicted molar refractivity (Wildman–Crippen MR) is 76.0 cm³/mol. The molecule has 1 aliphatic carbocycles. The third-order valence-corrected chi connectivity index (χ3v) is 4.07. The number of carbonyl (C=O) groups excluding carboxylic acids is 1. The van der Waals surface area contributed by atoms with E-state index in [1.807, 2.05) is 11.9 Å². The van der Waals surface area contributed by atoms with E-state index < -0.39 is 5.97 Å². The Morgan fingerprint density at radius 1 is 1.45 bits per heavy atom. The summed E-state index contributed by atoms with van der Waals surface area (Å²) in [7, 11) is 6.14. The molecule has 1 heterocycles. The van der Waals surface area contributed by atoms with Gasteiger partial charge in [0.25, 0.3) is 6.01 Å². The maximum atomic E-state index is 11.6. The van der Waals surface area contributed by atoms with Crippen LogP contribution in [0.15, 0.2) is 10.7 Å². The fourth-order valence-corrected chi connectivity index (χ4v) is 2.58. The van der Waals surface area contributed by atoms with E-state index in [1.54, 1.807) is 6.92 Å². The second-order valence-corrected chi connectivity index (χ2v) is 5.56. The van der Waals surface area contributed by atoms with E-state index in [0.29, 0.717) is 12.6 Å². The van der Waals surface area contributed by atoms with Crippen molar-refractivity contribution in [2.45, 2.75) is 31.7 Å². The van der Waals surface area contributed by atoms with E-state index in [0.717, 1.165) is 6.54 Å². The van der Waals surface area contributed by atoms with Crippen molar-refractivity contribution >= 4 is 12.0 Å². The van der Waals surface area contributed by atoms with Gasteiger partial charge in [0.1, 0.15) is 6.26 Å². The van der Waals surface area contributed by atoms with Crippen LogP contribution < -0.4 is 4.90 Å². The molecule has 0 atom stereocenters. The number of rotatable bonds is 6. The molecule has 0 amide bonds. The third-order valence-electron chi connectivity index (χ3n) is 4.07. The molecule has 0 unspecified atom stereocenters. The highest BCUT2D eigenvalue weighted by Crippen LogP contribution is 2.37. The van der Waals surface area contributed by atoms with Crippen LogP contribution in [0, 0.1) is 0 Å². The first-order valence-electron chi connectivity index (χ1n) is 7.00.